The number of ether oxygens (including phenoxy) is 5. The molecule has 214 valence electrons. The van der Waals surface area contributed by atoms with Gasteiger partial charge in [0.15, 0.2) is 12.6 Å². The van der Waals surface area contributed by atoms with Crippen LogP contribution in [0.25, 0.3) is 0 Å². The molecule has 7 atom stereocenters. The zero-order chi connectivity index (χ0) is 26.7. The molecule has 6 heteroatoms. The maximum absolute atomic E-state index is 12.6. The van der Waals surface area contributed by atoms with Crippen LogP contribution >= 0.6 is 0 Å². The van der Waals surface area contributed by atoms with E-state index >= 15 is 0 Å². The van der Waals surface area contributed by atoms with Crippen molar-refractivity contribution in [2.45, 2.75) is 114 Å². The lowest BCUT2D eigenvalue weighted by molar-refractivity contribution is -0.193. The second-order valence-electron chi connectivity index (χ2n) is 11.5. The Kier molecular flexibility index (Phi) is 11.1. The number of rotatable bonds is 9. The summed E-state index contributed by atoms with van der Waals surface area (Å²) in [4.78, 5) is 12.6. The van der Waals surface area contributed by atoms with Gasteiger partial charge in [0.25, 0.3) is 0 Å². The van der Waals surface area contributed by atoms with E-state index in [4.69, 9.17) is 23.7 Å². The van der Waals surface area contributed by atoms with E-state index in [0.717, 1.165) is 83.8 Å². The first-order valence-electron chi connectivity index (χ1n) is 15.4. The number of allylic oxidation sites excluding steroid dienone is 2. The molecule has 1 aromatic carbocycles. The van der Waals surface area contributed by atoms with Gasteiger partial charge in [0.05, 0.1) is 12.2 Å². The maximum Gasteiger partial charge on any atom is 0.306 e. The predicted octanol–water partition coefficient (Wildman–Crippen LogP) is 6.68. The van der Waals surface area contributed by atoms with Crippen LogP contribution in [0.2, 0.25) is 0 Å². The molecule has 0 aromatic heterocycles. The summed E-state index contributed by atoms with van der Waals surface area (Å²) in [5.41, 5.74) is 1.31. The lowest BCUT2D eigenvalue weighted by atomic mass is 9.89. The molecule has 1 aromatic rings. The van der Waals surface area contributed by atoms with Crippen LogP contribution in [0.15, 0.2) is 54.6 Å². The quantitative estimate of drug-likeness (QED) is 0.258. The van der Waals surface area contributed by atoms with Crippen molar-refractivity contribution in [1.82, 2.24) is 0 Å². The summed E-state index contributed by atoms with van der Waals surface area (Å²) in [5, 5.41) is 0. The molecular weight excluding hydrogens is 492 g/mol. The highest BCUT2D eigenvalue weighted by molar-refractivity contribution is 5.69. The van der Waals surface area contributed by atoms with Crippen LogP contribution in [0, 0.1) is 11.8 Å². The molecule has 4 aliphatic rings. The van der Waals surface area contributed by atoms with E-state index in [1.54, 1.807) is 0 Å². The van der Waals surface area contributed by atoms with Crippen LogP contribution in [0.3, 0.4) is 0 Å². The normalized spacial score (nSPS) is 33.0. The van der Waals surface area contributed by atoms with Gasteiger partial charge < -0.3 is 23.7 Å². The van der Waals surface area contributed by atoms with Crippen LogP contribution in [-0.4, -0.2) is 50.1 Å². The number of fused-ring (bicyclic) bond motifs is 1. The Balaban J connectivity index is 1.34. The SMILES string of the molecule is O=C1CCCC=CC[C@@H]2[C@@H](C=C[C@H](CCc3ccccc3)OC3CCCCO3)[C@H](OC3CCCCO3)C[C@@H]2O1. The molecule has 3 fully saturated rings. The lowest BCUT2D eigenvalue weighted by Crippen LogP contribution is -2.31. The monoisotopic (exact) mass is 538 g/mol. The summed E-state index contributed by atoms with van der Waals surface area (Å²) in [7, 11) is 0. The molecule has 3 heterocycles. The van der Waals surface area contributed by atoms with Gasteiger partial charge in [-0.05, 0) is 76.2 Å². The smallest absolute Gasteiger partial charge is 0.306 e. The first-order chi connectivity index (χ1) is 19.2. The van der Waals surface area contributed by atoms with Crippen molar-refractivity contribution in [1.29, 1.82) is 0 Å². The molecule has 0 radical (unpaired) electrons. The zero-order valence-corrected chi connectivity index (χ0v) is 23.3. The van der Waals surface area contributed by atoms with Gasteiger partial charge in [0.2, 0.25) is 0 Å². The van der Waals surface area contributed by atoms with E-state index in [-0.39, 0.29) is 48.7 Å². The second kappa shape index (κ2) is 15.1. The summed E-state index contributed by atoms with van der Waals surface area (Å²) >= 11 is 0. The molecule has 3 aliphatic heterocycles. The minimum absolute atomic E-state index is 0.0537. The molecule has 0 amide bonds. The number of carbonyl (C=O) groups excluding carboxylic acids is 1. The Morgan fingerprint density at radius 1 is 0.949 bits per heavy atom. The van der Waals surface area contributed by atoms with Gasteiger partial charge in [0.1, 0.15) is 6.10 Å². The van der Waals surface area contributed by atoms with E-state index in [9.17, 15) is 4.79 Å². The molecule has 0 N–H and O–H groups in total. The Bertz CT molecular complexity index is 917. The third kappa shape index (κ3) is 8.75. The average Bonchev–Trinajstić information content (AvgIpc) is 3.28. The van der Waals surface area contributed by atoms with Crippen molar-refractivity contribution >= 4 is 5.97 Å². The van der Waals surface area contributed by atoms with Crippen LogP contribution in [-0.2, 0) is 34.9 Å². The minimum atomic E-state index is -0.179. The van der Waals surface area contributed by atoms with Gasteiger partial charge in [-0.2, -0.15) is 0 Å². The summed E-state index contributed by atoms with van der Waals surface area (Å²) < 4.78 is 31.1. The van der Waals surface area contributed by atoms with E-state index in [2.05, 4.69) is 54.6 Å². The van der Waals surface area contributed by atoms with Crippen LogP contribution in [0.4, 0.5) is 0 Å². The Labute approximate surface area is 234 Å². The van der Waals surface area contributed by atoms with Gasteiger partial charge in [-0.15, -0.1) is 0 Å². The number of carbonyl (C=O) groups is 1. The van der Waals surface area contributed by atoms with Crippen LogP contribution in [0.5, 0.6) is 0 Å². The Morgan fingerprint density at radius 3 is 2.51 bits per heavy atom. The van der Waals surface area contributed by atoms with Crippen molar-refractivity contribution in [3.05, 3.63) is 60.2 Å². The van der Waals surface area contributed by atoms with Gasteiger partial charge >= 0.3 is 5.97 Å². The van der Waals surface area contributed by atoms with Gasteiger partial charge in [-0.25, -0.2) is 0 Å². The van der Waals surface area contributed by atoms with Crippen molar-refractivity contribution in [3.63, 3.8) is 0 Å². The molecular formula is C33H46O6. The first kappa shape index (κ1) is 28.5. The number of aryl methyl sites for hydroxylation is 1. The lowest BCUT2D eigenvalue weighted by Gasteiger charge is -2.30. The second-order valence-corrected chi connectivity index (χ2v) is 11.5. The summed E-state index contributed by atoms with van der Waals surface area (Å²) in [5.74, 6) is 0.206. The molecule has 6 nitrogen and oxygen atoms in total. The van der Waals surface area contributed by atoms with E-state index in [0.29, 0.717) is 12.8 Å². The highest BCUT2D eigenvalue weighted by Crippen LogP contribution is 2.41. The molecule has 1 saturated carbocycles. The fourth-order valence-electron chi connectivity index (χ4n) is 6.35. The van der Waals surface area contributed by atoms with Gasteiger partial charge in [-0.1, -0.05) is 54.6 Å². The molecule has 2 unspecified atom stereocenters. The summed E-state index contributed by atoms with van der Waals surface area (Å²) in [6.45, 7) is 1.51. The van der Waals surface area contributed by atoms with Gasteiger partial charge in [-0.3, -0.25) is 4.79 Å². The predicted molar refractivity (Wildman–Crippen MR) is 150 cm³/mol. The van der Waals surface area contributed by atoms with Crippen molar-refractivity contribution in [2.75, 3.05) is 13.2 Å². The molecule has 2 saturated heterocycles. The first-order valence-corrected chi connectivity index (χ1v) is 15.4. The zero-order valence-electron chi connectivity index (χ0n) is 23.3. The highest BCUT2D eigenvalue weighted by Gasteiger charge is 2.45. The fraction of sp³-hybridized carbons (Fsp3) is 0.667. The molecule has 0 bridgehead atoms. The molecule has 1 aliphatic carbocycles. The van der Waals surface area contributed by atoms with Crippen LogP contribution < -0.4 is 0 Å². The molecule has 39 heavy (non-hydrogen) atoms. The number of hydrogen-bond acceptors (Lipinski definition) is 6. The largest absolute Gasteiger partial charge is 0.462 e. The average molecular weight is 539 g/mol. The van der Waals surface area contributed by atoms with Crippen molar-refractivity contribution in [2.24, 2.45) is 11.8 Å². The van der Waals surface area contributed by atoms with Gasteiger partial charge in [0, 0.05) is 37.9 Å². The third-order valence-corrected chi connectivity index (χ3v) is 8.51. The molecule has 0 spiro atoms. The number of hydrogen-bond donors (Lipinski definition) is 0. The van der Waals surface area contributed by atoms with E-state index < -0.39 is 0 Å². The van der Waals surface area contributed by atoms with E-state index in [1.807, 2.05) is 0 Å². The van der Waals surface area contributed by atoms with E-state index in [1.165, 1.54) is 5.56 Å². The van der Waals surface area contributed by atoms with Crippen molar-refractivity contribution < 1.29 is 28.5 Å². The molecule has 5 rings (SSSR count). The maximum atomic E-state index is 12.6. The van der Waals surface area contributed by atoms with Crippen LogP contribution in [0.1, 0.15) is 82.6 Å². The summed E-state index contributed by atoms with van der Waals surface area (Å²) in [6.07, 6.45) is 20.4. The number of esters is 1. The Morgan fingerprint density at radius 2 is 1.74 bits per heavy atom. The Hall–Kier alpha value is -1.99. The fourth-order valence-corrected chi connectivity index (χ4v) is 6.35. The minimum Gasteiger partial charge on any atom is -0.462 e. The highest BCUT2D eigenvalue weighted by atomic mass is 16.7. The number of benzene rings is 1. The van der Waals surface area contributed by atoms with Crippen molar-refractivity contribution in [3.8, 4) is 0 Å². The summed E-state index contributed by atoms with van der Waals surface area (Å²) in [6, 6.07) is 10.6. The standard InChI is InChI=1S/C33H46O6/c34-31-15-7-2-1-6-14-27-28(30(24-29(27)38-31)39-33-17-9-11-23-36-33)21-20-26(37-32-16-8-10-22-35-32)19-18-25-12-4-3-5-13-25/h1,3-6,12-13,20-21,26-30,32-33H,2,7-11,14-19,22-24H2/t26-,27+,28+,29-,30+,32?,33?/m0/s1. The third-order valence-electron chi connectivity index (χ3n) is 8.51. The topological polar surface area (TPSA) is 63.2 Å².